The molecule has 0 heterocycles. The zero-order valence-electron chi connectivity index (χ0n) is 11.6. The molecule has 1 aliphatic rings. The zero-order valence-corrected chi connectivity index (χ0v) is 11.6. The molecule has 0 saturated heterocycles. The van der Waals surface area contributed by atoms with Crippen molar-refractivity contribution in [1.82, 2.24) is 0 Å². The Kier molecular flexibility index (Phi) is 4.26. The van der Waals surface area contributed by atoms with Crippen molar-refractivity contribution in [2.45, 2.75) is 39.2 Å². The second-order valence-electron chi connectivity index (χ2n) is 5.48. The van der Waals surface area contributed by atoms with E-state index in [4.69, 9.17) is 5.11 Å². The van der Waals surface area contributed by atoms with Gasteiger partial charge >= 0.3 is 5.97 Å². The van der Waals surface area contributed by atoms with Crippen molar-refractivity contribution in [1.29, 1.82) is 0 Å². The molecule has 5 heteroatoms. The molecule has 0 bridgehead atoms. The quantitative estimate of drug-likeness (QED) is 0.881. The van der Waals surface area contributed by atoms with Crippen molar-refractivity contribution >= 4 is 11.7 Å². The second-order valence-corrected chi connectivity index (χ2v) is 5.48. The second kappa shape index (κ2) is 5.77. The van der Waals surface area contributed by atoms with Gasteiger partial charge in [0.05, 0.1) is 5.56 Å². The molecule has 0 radical (unpaired) electrons. The summed E-state index contributed by atoms with van der Waals surface area (Å²) in [6, 6.07) is 1.73. The van der Waals surface area contributed by atoms with E-state index >= 15 is 0 Å². The Labute approximate surface area is 117 Å². The molecular weight excluding hydrogens is 264 g/mol. The van der Waals surface area contributed by atoms with E-state index in [0.29, 0.717) is 11.8 Å². The fourth-order valence-corrected chi connectivity index (χ4v) is 3.05. The third-order valence-electron chi connectivity index (χ3n) is 4.37. The van der Waals surface area contributed by atoms with E-state index in [1.807, 2.05) is 0 Å². The zero-order chi connectivity index (χ0) is 14.9. The van der Waals surface area contributed by atoms with Crippen LogP contribution in [0.2, 0.25) is 0 Å². The van der Waals surface area contributed by atoms with E-state index < -0.39 is 17.6 Å². The van der Waals surface area contributed by atoms with Gasteiger partial charge in [0.1, 0.15) is 17.3 Å². The lowest BCUT2D eigenvalue weighted by Gasteiger charge is -2.22. The summed E-state index contributed by atoms with van der Waals surface area (Å²) in [5.74, 6) is -2.13. The molecule has 0 aromatic heterocycles. The fraction of sp³-hybridized carbons (Fsp3) is 0.533. The lowest BCUT2D eigenvalue weighted by Crippen LogP contribution is -2.25. The van der Waals surface area contributed by atoms with Gasteiger partial charge in [-0.25, -0.2) is 13.6 Å². The van der Waals surface area contributed by atoms with Crippen LogP contribution in [0.15, 0.2) is 12.1 Å². The maximum atomic E-state index is 13.9. The SMILES string of the molecule is CCC1CCC(Nc2c(F)cc(C(=O)O)cc2F)C1C. The molecule has 110 valence electrons. The van der Waals surface area contributed by atoms with Gasteiger partial charge in [0.2, 0.25) is 0 Å². The minimum absolute atomic E-state index is 0.0274. The Morgan fingerprint density at radius 3 is 2.40 bits per heavy atom. The number of hydrogen-bond acceptors (Lipinski definition) is 2. The largest absolute Gasteiger partial charge is 0.478 e. The fourth-order valence-electron chi connectivity index (χ4n) is 3.05. The van der Waals surface area contributed by atoms with Crippen LogP contribution in [0.5, 0.6) is 0 Å². The molecule has 20 heavy (non-hydrogen) atoms. The van der Waals surface area contributed by atoms with E-state index in [2.05, 4.69) is 19.2 Å². The Balaban J connectivity index is 2.20. The van der Waals surface area contributed by atoms with E-state index in [9.17, 15) is 13.6 Å². The van der Waals surface area contributed by atoms with Crippen molar-refractivity contribution in [3.05, 3.63) is 29.3 Å². The van der Waals surface area contributed by atoms with Gasteiger partial charge < -0.3 is 10.4 Å². The van der Waals surface area contributed by atoms with Crippen LogP contribution >= 0.6 is 0 Å². The van der Waals surface area contributed by atoms with Gasteiger partial charge in [0.15, 0.2) is 0 Å². The number of benzene rings is 1. The van der Waals surface area contributed by atoms with Crippen LogP contribution in [0, 0.1) is 23.5 Å². The van der Waals surface area contributed by atoms with Crippen LogP contribution in [-0.4, -0.2) is 17.1 Å². The van der Waals surface area contributed by atoms with Crippen molar-refractivity contribution in [2.24, 2.45) is 11.8 Å². The smallest absolute Gasteiger partial charge is 0.335 e. The number of carbonyl (C=O) groups is 1. The van der Waals surface area contributed by atoms with E-state index in [0.717, 1.165) is 31.4 Å². The molecule has 1 aromatic carbocycles. The molecule has 1 saturated carbocycles. The number of hydrogen-bond donors (Lipinski definition) is 2. The number of nitrogens with one attached hydrogen (secondary N) is 1. The number of rotatable bonds is 4. The summed E-state index contributed by atoms with van der Waals surface area (Å²) in [6.45, 7) is 4.20. The summed E-state index contributed by atoms with van der Waals surface area (Å²) in [6.07, 6.45) is 2.98. The van der Waals surface area contributed by atoms with Gasteiger partial charge in [-0.1, -0.05) is 20.3 Å². The highest BCUT2D eigenvalue weighted by Crippen LogP contribution is 2.36. The molecule has 1 fully saturated rings. The van der Waals surface area contributed by atoms with Crippen molar-refractivity contribution in [2.75, 3.05) is 5.32 Å². The first-order valence-electron chi connectivity index (χ1n) is 6.92. The van der Waals surface area contributed by atoms with Gasteiger partial charge in [-0.05, 0) is 36.8 Å². The summed E-state index contributed by atoms with van der Waals surface area (Å²) in [7, 11) is 0. The van der Waals surface area contributed by atoms with Crippen molar-refractivity contribution in [3.8, 4) is 0 Å². The molecule has 3 unspecified atom stereocenters. The number of carboxylic acids is 1. The Morgan fingerprint density at radius 2 is 1.95 bits per heavy atom. The molecule has 2 rings (SSSR count). The average Bonchev–Trinajstić information content (AvgIpc) is 2.74. The highest BCUT2D eigenvalue weighted by Gasteiger charge is 2.32. The average molecular weight is 283 g/mol. The Morgan fingerprint density at radius 1 is 1.35 bits per heavy atom. The Bertz CT molecular complexity index is 496. The number of aromatic carboxylic acids is 1. The van der Waals surface area contributed by atoms with Crippen molar-refractivity contribution < 1.29 is 18.7 Å². The predicted molar refractivity (Wildman–Crippen MR) is 72.9 cm³/mol. The van der Waals surface area contributed by atoms with E-state index in [-0.39, 0.29) is 17.3 Å². The third-order valence-corrected chi connectivity index (χ3v) is 4.37. The summed E-state index contributed by atoms with van der Waals surface area (Å²) < 4.78 is 27.7. The maximum absolute atomic E-state index is 13.9. The molecule has 0 spiro atoms. The van der Waals surface area contributed by atoms with Gasteiger partial charge in [-0.2, -0.15) is 0 Å². The van der Waals surface area contributed by atoms with Crippen LogP contribution in [0.4, 0.5) is 14.5 Å². The summed E-state index contributed by atoms with van der Waals surface area (Å²) in [5, 5.41) is 11.7. The van der Waals surface area contributed by atoms with Crippen LogP contribution < -0.4 is 5.32 Å². The summed E-state index contributed by atoms with van der Waals surface area (Å²) >= 11 is 0. The highest BCUT2D eigenvalue weighted by molar-refractivity contribution is 5.88. The highest BCUT2D eigenvalue weighted by atomic mass is 19.1. The van der Waals surface area contributed by atoms with Gasteiger partial charge in [-0.15, -0.1) is 0 Å². The topological polar surface area (TPSA) is 49.3 Å². The lowest BCUT2D eigenvalue weighted by atomic mass is 9.93. The maximum Gasteiger partial charge on any atom is 0.335 e. The molecule has 0 amide bonds. The van der Waals surface area contributed by atoms with Gasteiger partial charge in [0.25, 0.3) is 0 Å². The van der Waals surface area contributed by atoms with Gasteiger partial charge in [-0.3, -0.25) is 0 Å². The van der Waals surface area contributed by atoms with E-state index in [1.165, 1.54) is 0 Å². The summed E-state index contributed by atoms with van der Waals surface area (Å²) in [4.78, 5) is 10.7. The first-order valence-corrected chi connectivity index (χ1v) is 6.92. The minimum Gasteiger partial charge on any atom is -0.478 e. The molecule has 2 N–H and O–H groups in total. The van der Waals surface area contributed by atoms with Crippen molar-refractivity contribution in [3.63, 3.8) is 0 Å². The third kappa shape index (κ3) is 2.76. The normalized spacial score (nSPS) is 25.7. The first-order chi connectivity index (χ1) is 9.43. The standard InChI is InChI=1S/C15H19F2NO2/c1-3-9-4-5-13(8(9)2)18-14-11(16)6-10(15(19)20)7-12(14)17/h6-9,13,18H,3-5H2,1-2H3,(H,19,20). The first kappa shape index (κ1) is 14.8. The monoisotopic (exact) mass is 283 g/mol. The molecule has 0 aliphatic heterocycles. The number of carboxylic acid groups (broad SMARTS) is 1. The molecule has 3 atom stereocenters. The molecule has 1 aliphatic carbocycles. The number of halogens is 2. The molecule has 3 nitrogen and oxygen atoms in total. The lowest BCUT2D eigenvalue weighted by molar-refractivity contribution is 0.0696. The van der Waals surface area contributed by atoms with Crippen LogP contribution in [-0.2, 0) is 0 Å². The molecule has 1 aromatic rings. The van der Waals surface area contributed by atoms with E-state index in [1.54, 1.807) is 0 Å². The van der Waals surface area contributed by atoms with Gasteiger partial charge in [0, 0.05) is 6.04 Å². The van der Waals surface area contributed by atoms with Crippen LogP contribution in [0.3, 0.4) is 0 Å². The molecular formula is C15H19F2NO2. The number of anilines is 1. The van der Waals surface area contributed by atoms with Crippen LogP contribution in [0.25, 0.3) is 0 Å². The Hall–Kier alpha value is -1.65. The summed E-state index contributed by atoms with van der Waals surface area (Å²) in [5.41, 5.74) is -0.597. The van der Waals surface area contributed by atoms with Crippen LogP contribution in [0.1, 0.15) is 43.5 Å². The predicted octanol–water partition coefficient (Wildman–Crippen LogP) is 3.90. The minimum atomic E-state index is -1.34.